The van der Waals surface area contributed by atoms with E-state index >= 15 is 0 Å². The van der Waals surface area contributed by atoms with Crippen molar-refractivity contribution in [2.45, 2.75) is 0 Å². The smallest absolute Gasteiger partial charge is 0.0562 e. The zero-order valence-corrected chi connectivity index (χ0v) is 31.8. The molecule has 0 N–H and O–H groups in total. The van der Waals surface area contributed by atoms with Gasteiger partial charge in [-0.3, -0.25) is 0 Å². The summed E-state index contributed by atoms with van der Waals surface area (Å²) in [5, 5.41) is 7.29. The molecule has 0 bridgehead atoms. The number of anilines is 3. The van der Waals surface area contributed by atoms with Crippen LogP contribution in [0.15, 0.2) is 231 Å². The van der Waals surface area contributed by atoms with E-state index in [4.69, 9.17) is 0 Å². The molecule has 11 rings (SSSR count). The van der Waals surface area contributed by atoms with Gasteiger partial charge in [0.05, 0.1) is 33.8 Å². The monoisotopic (exact) mass is 738 g/mol. The third-order valence-corrected chi connectivity index (χ3v) is 11.6. The van der Waals surface area contributed by atoms with Crippen molar-refractivity contribution in [2.75, 3.05) is 4.90 Å². The molecule has 0 radical (unpaired) electrons. The van der Waals surface area contributed by atoms with E-state index in [0.717, 1.165) is 33.8 Å². The summed E-state index contributed by atoms with van der Waals surface area (Å²) in [6.45, 7) is 0. The standard InChI is InChI=1S/C56H38N2/c1-3-20-39(21-4-1)42-25-9-10-28-45(42)47-30-14-17-34-51(47)57-52-35-18-15-32-49(52)56-53(57)36-19-37-54(56)58(50-33-16-13-27-44(50)40-22-5-2-6-23-40)55-38-41-24-7-8-26-43(41)46-29-11-12-31-48(46)55/h1-38H. The van der Waals surface area contributed by atoms with E-state index in [-0.39, 0.29) is 0 Å². The van der Waals surface area contributed by atoms with Gasteiger partial charge in [0.2, 0.25) is 0 Å². The Morgan fingerprint density at radius 3 is 1.59 bits per heavy atom. The fraction of sp³-hybridized carbons (Fsp3) is 0. The van der Waals surface area contributed by atoms with Crippen molar-refractivity contribution in [3.63, 3.8) is 0 Å². The van der Waals surface area contributed by atoms with Crippen molar-refractivity contribution in [2.24, 2.45) is 0 Å². The minimum absolute atomic E-state index is 1.12. The molecule has 2 nitrogen and oxygen atoms in total. The molecule has 0 aliphatic carbocycles. The molecule has 0 saturated heterocycles. The normalized spacial score (nSPS) is 11.4. The first-order valence-corrected chi connectivity index (χ1v) is 19.9. The van der Waals surface area contributed by atoms with E-state index in [1.807, 2.05) is 0 Å². The minimum atomic E-state index is 1.12. The van der Waals surface area contributed by atoms with Gasteiger partial charge >= 0.3 is 0 Å². The summed E-state index contributed by atoms with van der Waals surface area (Å²) in [6, 6.07) is 83.7. The highest BCUT2D eigenvalue weighted by atomic mass is 15.2. The van der Waals surface area contributed by atoms with E-state index in [1.54, 1.807) is 0 Å². The molecule has 0 atom stereocenters. The van der Waals surface area contributed by atoms with Crippen molar-refractivity contribution in [3.8, 4) is 39.1 Å². The Balaban J connectivity index is 1.24. The first-order valence-electron chi connectivity index (χ1n) is 19.9. The Kier molecular flexibility index (Phi) is 8.19. The highest BCUT2D eigenvalue weighted by molar-refractivity contribution is 6.20. The maximum absolute atomic E-state index is 2.52. The van der Waals surface area contributed by atoms with Gasteiger partial charge in [-0.2, -0.15) is 0 Å². The van der Waals surface area contributed by atoms with Gasteiger partial charge in [0.1, 0.15) is 0 Å². The Labute approximate surface area is 338 Å². The van der Waals surface area contributed by atoms with Gasteiger partial charge in [0.25, 0.3) is 0 Å². The second-order valence-electron chi connectivity index (χ2n) is 14.8. The molecule has 0 aliphatic rings. The fourth-order valence-electron chi connectivity index (χ4n) is 9.07. The van der Waals surface area contributed by atoms with Gasteiger partial charge < -0.3 is 9.47 Å². The second-order valence-corrected chi connectivity index (χ2v) is 14.8. The highest BCUT2D eigenvalue weighted by Gasteiger charge is 2.25. The van der Waals surface area contributed by atoms with Crippen LogP contribution in [0.5, 0.6) is 0 Å². The van der Waals surface area contributed by atoms with E-state index in [0.29, 0.717) is 0 Å². The molecule has 0 aliphatic heterocycles. The molecule has 1 heterocycles. The topological polar surface area (TPSA) is 8.17 Å². The third-order valence-electron chi connectivity index (χ3n) is 11.6. The fourth-order valence-corrected chi connectivity index (χ4v) is 9.07. The van der Waals surface area contributed by atoms with E-state index in [2.05, 4.69) is 240 Å². The summed E-state index contributed by atoms with van der Waals surface area (Å²) in [5.41, 5.74) is 14.0. The van der Waals surface area contributed by atoms with Gasteiger partial charge in [-0.05, 0) is 74.8 Å². The first kappa shape index (κ1) is 33.6. The molecule has 10 aromatic carbocycles. The first-order chi connectivity index (χ1) is 28.8. The van der Waals surface area contributed by atoms with Gasteiger partial charge in [-0.25, -0.2) is 0 Å². The number of benzene rings is 10. The summed E-state index contributed by atoms with van der Waals surface area (Å²) >= 11 is 0. The van der Waals surface area contributed by atoms with Crippen LogP contribution in [0.4, 0.5) is 17.1 Å². The molecule has 58 heavy (non-hydrogen) atoms. The summed E-state index contributed by atoms with van der Waals surface area (Å²) in [4.78, 5) is 2.52. The SMILES string of the molecule is c1ccc(-c2ccccc2-c2ccccc2-n2c3ccccc3c3c(N(c4ccccc4-c4ccccc4)c4cc5ccccc5c5ccccc45)cccc32)cc1. The summed E-state index contributed by atoms with van der Waals surface area (Å²) in [6.07, 6.45) is 0. The van der Waals surface area contributed by atoms with Crippen LogP contribution in [0.2, 0.25) is 0 Å². The number of fused-ring (bicyclic) bond motifs is 6. The zero-order chi connectivity index (χ0) is 38.4. The van der Waals surface area contributed by atoms with Crippen LogP contribution in [-0.4, -0.2) is 4.57 Å². The predicted octanol–water partition coefficient (Wildman–Crippen LogP) is 15.6. The molecule has 0 unspecified atom stereocenters. The van der Waals surface area contributed by atoms with Crippen LogP contribution >= 0.6 is 0 Å². The van der Waals surface area contributed by atoms with Gasteiger partial charge in [0.15, 0.2) is 0 Å². The maximum atomic E-state index is 2.52. The lowest BCUT2D eigenvalue weighted by Crippen LogP contribution is -2.12. The Morgan fingerprint density at radius 2 is 0.810 bits per heavy atom. The molecule has 0 amide bonds. The third kappa shape index (κ3) is 5.50. The largest absolute Gasteiger partial charge is 0.309 e. The van der Waals surface area contributed by atoms with Crippen LogP contribution in [0.3, 0.4) is 0 Å². The summed E-state index contributed by atoms with van der Waals surface area (Å²) < 4.78 is 2.48. The Bertz CT molecular complexity index is 3290. The number of para-hydroxylation sites is 3. The van der Waals surface area contributed by atoms with Crippen molar-refractivity contribution in [1.82, 2.24) is 4.57 Å². The second kappa shape index (κ2) is 14.1. The number of hydrogen-bond donors (Lipinski definition) is 0. The van der Waals surface area contributed by atoms with Crippen molar-refractivity contribution >= 4 is 60.4 Å². The van der Waals surface area contributed by atoms with Crippen LogP contribution in [0.1, 0.15) is 0 Å². The molecule has 272 valence electrons. The number of aromatic nitrogens is 1. The van der Waals surface area contributed by atoms with E-state index < -0.39 is 0 Å². The summed E-state index contributed by atoms with van der Waals surface area (Å²) in [5.74, 6) is 0. The number of nitrogens with zero attached hydrogens (tertiary/aromatic N) is 2. The average Bonchev–Trinajstić information content (AvgIpc) is 3.65. The maximum Gasteiger partial charge on any atom is 0.0562 e. The highest BCUT2D eigenvalue weighted by Crippen LogP contribution is 2.49. The molecule has 0 spiro atoms. The van der Waals surface area contributed by atoms with Crippen LogP contribution in [0.25, 0.3) is 82.4 Å². The lowest BCUT2D eigenvalue weighted by molar-refractivity contribution is 1.18. The molecular formula is C56H38N2. The van der Waals surface area contributed by atoms with Crippen LogP contribution in [-0.2, 0) is 0 Å². The Hall–Kier alpha value is -7.68. The van der Waals surface area contributed by atoms with E-state index in [1.165, 1.54) is 65.7 Å². The zero-order valence-electron chi connectivity index (χ0n) is 31.8. The van der Waals surface area contributed by atoms with Crippen molar-refractivity contribution in [1.29, 1.82) is 0 Å². The van der Waals surface area contributed by atoms with Crippen LogP contribution in [0, 0.1) is 0 Å². The van der Waals surface area contributed by atoms with Gasteiger partial charge in [-0.1, -0.05) is 194 Å². The summed E-state index contributed by atoms with van der Waals surface area (Å²) in [7, 11) is 0. The quantitative estimate of drug-likeness (QED) is 0.148. The average molecular weight is 739 g/mol. The molecule has 0 saturated carbocycles. The van der Waals surface area contributed by atoms with Gasteiger partial charge in [-0.15, -0.1) is 0 Å². The molecule has 11 aromatic rings. The molecule has 1 aromatic heterocycles. The lowest BCUT2D eigenvalue weighted by atomic mass is 9.93. The van der Waals surface area contributed by atoms with Crippen molar-refractivity contribution in [3.05, 3.63) is 231 Å². The van der Waals surface area contributed by atoms with Crippen molar-refractivity contribution < 1.29 is 0 Å². The van der Waals surface area contributed by atoms with E-state index in [9.17, 15) is 0 Å². The molecule has 0 fully saturated rings. The number of rotatable bonds is 7. The van der Waals surface area contributed by atoms with Crippen LogP contribution < -0.4 is 4.90 Å². The number of hydrogen-bond acceptors (Lipinski definition) is 1. The van der Waals surface area contributed by atoms with Gasteiger partial charge in [0, 0.05) is 27.3 Å². The predicted molar refractivity (Wildman–Crippen MR) is 247 cm³/mol. The lowest BCUT2D eigenvalue weighted by Gasteiger charge is -2.30. The molecular weight excluding hydrogens is 701 g/mol. The Morgan fingerprint density at radius 1 is 0.293 bits per heavy atom. The minimum Gasteiger partial charge on any atom is -0.309 e. The molecule has 2 heteroatoms.